The lowest BCUT2D eigenvalue weighted by Gasteiger charge is -2.17. The van der Waals surface area contributed by atoms with E-state index in [0.717, 1.165) is 15.8 Å². The van der Waals surface area contributed by atoms with Gasteiger partial charge in [-0.15, -0.1) is 0 Å². The maximum atomic E-state index is 9.89. The Morgan fingerprint density at radius 3 is 2.85 bits per heavy atom. The Hall–Kier alpha value is -1.44. The van der Waals surface area contributed by atoms with E-state index in [1.54, 1.807) is 14.0 Å². The second kappa shape index (κ2) is 5.90. The van der Waals surface area contributed by atoms with E-state index in [1.165, 1.54) is 0 Å². The number of halogens is 1. The summed E-state index contributed by atoms with van der Waals surface area (Å²) in [6.45, 7) is 1.75. The third-order valence-electron chi connectivity index (χ3n) is 2.85. The normalized spacial score (nSPS) is 14.1. The number of nitrogens with zero attached hydrogens (tertiary/aromatic N) is 2. The predicted octanol–water partition coefficient (Wildman–Crippen LogP) is 1.76. The molecule has 2 aromatic rings. The third-order valence-corrected chi connectivity index (χ3v) is 3.47. The molecule has 0 bridgehead atoms. The summed E-state index contributed by atoms with van der Waals surface area (Å²) in [6, 6.07) is 5.49. The van der Waals surface area contributed by atoms with Crippen molar-refractivity contribution in [2.45, 2.75) is 18.9 Å². The molecule has 2 rings (SSSR count). The lowest BCUT2D eigenvalue weighted by Crippen LogP contribution is -2.36. The molecule has 1 aromatic heterocycles. The molecule has 20 heavy (non-hydrogen) atoms. The quantitative estimate of drug-likeness (QED) is 0.860. The molecule has 1 heterocycles. The summed E-state index contributed by atoms with van der Waals surface area (Å²) in [4.78, 5) is 4.26. The number of ether oxygens (including phenoxy) is 1. The van der Waals surface area contributed by atoms with Crippen molar-refractivity contribution in [1.29, 1.82) is 0 Å². The number of hydrogen-bond donors (Lipinski definition) is 2. The van der Waals surface area contributed by atoms with Crippen molar-refractivity contribution in [3.8, 4) is 17.1 Å². The van der Waals surface area contributed by atoms with E-state index in [0.29, 0.717) is 11.7 Å². The number of aliphatic hydroxyl groups is 1. The minimum absolute atomic E-state index is 0.124. The number of benzene rings is 1. The van der Waals surface area contributed by atoms with Gasteiger partial charge >= 0.3 is 0 Å². The van der Waals surface area contributed by atoms with Gasteiger partial charge in [-0.1, -0.05) is 5.16 Å². The standard InChI is InChI=1S/C13H16BrN3O3/c1-13(18,7-15)6-11-16-12(17-20-11)8-3-4-10(19-2)9(14)5-8/h3-5,18H,6-7,15H2,1-2H3. The molecule has 0 saturated carbocycles. The molecule has 1 aromatic carbocycles. The van der Waals surface area contributed by atoms with Gasteiger partial charge in [0.15, 0.2) is 0 Å². The van der Waals surface area contributed by atoms with E-state index in [4.69, 9.17) is 15.0 Å². The fourth-order valence-electron chi connectivity index (χ4n) is 1.65. The summed E-state index contributed by atoms with van der Waals surface area (Å²) in [5.41, 5.74) is 5.20. The van der Waals surface area contributed by atoms with Gasteiger partial charge in [-0.3, -0.25) is 0 Å². The predicted molar refractivity (Wildman–Crippen MR) is 77.4 cm³/mol. The summed E-state index contributed by atoms with van der Waals surface area (Å²) in [5.74, 6) is 1.53. The first-order valence-corrected chi connectivity index (χ1v) is 6.83. The number of nitrogens with two attached hydrogens (primary N) is 1. The van der Waals surface area contributed by atoms with Gasteiger partial charge < -0.3 is 20.1 Å². The molecule has 0 spiro atoms. The average Bonchev–Trinajstić information content (AvgIpc) is 2.86. The molecule has 0 saturated heterocycles. The first-order valence-electron chi connectivity index (χ1n) is 6.04. The van der Waals surface area contributed by atoms with E-state index in [-0.39, 0.29) is 13.0 Å². The zero-order valence-corrected chi connectivity index (χ0v) is 12.8. The Bertz CT molecular complexity index is 598. The van der Waals surface area contributed by atoms with Gasteiger partial charge in [0.1, 0.15) is 5.75 Å². The molecule has 0 amide bonds. The molecule has 0 aliphatic carbocycles. The van der Waals surface area contributed by atoms with Gasteiger partial charge in [0.25, 0.3) is 0 Å². The van der Waals surface area contributed by atoms with Crippen LogP contribution in [-0.4, -0.2) is 34.5 Å². The van der Waals surface area contributed by atoms with Crippen LogP contribution in [-0.2, 0) is 6.42 Å². The Balaban J connectivity index is 2.22. The van der Waals surface area contributed by atoms with Gasteiger partial charge in [0, 0.05) is 12.1 Å². The van der Waals surface area contributed by atoms with Crippen molar-refractivity contribution in [3.63, 3.8) is 0 Å². The maximum Gasteiger partial charge on any atom is 0.229 e. The first kappa shape index (κ1) is 15.0. The van der Waals surface area contributed by atoms with Gasteiger partial charge in [-0.2, -0.15) is 4.98 Å². The lowest BCUT2D eigenvalue weighted by atomic mass is 10.0. The minimum atomic E-state index is -1.05. The zero-order valence-electron chi connectivity index (χ0n) is 11.3. The highest BCUT2D eigenvalue weighted by Crippen LogP contribution is 2.29. The Morgan fingerprint density at radius 1 is 1.50 bits per heavy atom. The fourth-order valence-corrected chi connectivity index (χ4v) is 2.19. The summed E-state index contributed by atoms with van der Waals surface area (Å²) in [7, 11) is 1.60. The topological polar surface area (TPSA) is 94.4 Å². The van der Waals surface area contributed by atoms with E-state index < -0.39 is 5.60 Å². The van der Waals surface area contributed by atoms with Gasteiger partial charge in [-0.25, -0.2) is 0 Å². The van der Waals surface area contributed by atoms with Crippen LogP contribution in [0.15, 0.2) is 27.2 Å². The van der Waals surface area contributed by atoms with Gasteiger partial charge in [0.2, 0.25) is 11.7 Å². The smallest absolute Gasteiger partial charge is 0.229 e. The largest absolute Gasteiger partial charge is 0.496 e. The van der Waals surface area contributed by atoms with Crippen molar-refractivity contribution in [1.82, 2.24) is 10.1 Å². The van der Waals surface area contributed by atoms with Crippen molar-refractivity contribution < 1.29 is 14.4 Å². The molecule has 0 fully saturated rings. The van der Waals surface area contributed by atoms with Crippen LogP contribution in [0.5, 0.6) is 5.75 Å². The SMILES string of the molecule is COc1ccc(-c2noc(CC(C)(O)CN)n2)cc1Br. The maximum absolute atomic E-state index is 9.89. The van der Waals surface area contributed by atoms with Crippen LogP contribution in [0.2, 0.25) is 0 Å². The van der Waals surface area contributed by atoms with Crippen LogP contribution >= 0.6 is 15.9 Å². The second-order valence-electron chi connectivity index (χ2n) is 4.74. The molecule has 3 N–H and O–H groups in total. The lowest BCUT2D eigenvalue weighted by molar-refractivity contribution is 0.0610. The highest BCUT2D eigenvalue weighted by atomic mass is 79.9. The van der Waals surface area contributed by atoms with Crippen LogP contribution < -0.4 is 10.5 Å². The van der Waals surface area contributed by atoms with Crippen LogP contribution in [0, 0.1) is 0 Å². The van der Waals surface area contributed by atoms with Crippen LogP contribution in [0.25, 0.3) is 11.4 Å². The number of hydrogen-bond acceptors (Lipinski definition) is 6. The van der Waals surface area contributed by atoms with Crippen molar-refractivity contribution in [3.05, 3.63) is 28.6 Å². The number of aromatic nitrogens is 2. The minimum Gasteiger partial charge on any atom is -0.496 e. The molecule has 0 aliphatic rings. The highest BCUT2D eigenvalue weighted by Gasteiger charge is 2.23. The molecule has 108 valence electrons. The summed E-state index contributed by atoms with van der Waals surface area (Å²) in [6.07, 6.45) is 0.216. The fraction of sp³-hybridized carbons (Fsp3) is 0.385. The monoisotopic (exact) mass is 341 g/mol. The van der Waals surface area contributed by atoms with Crippen molar-refractivity contribution in [2.24, 2.45) is 5.73 Å². The molecule has 7 heteroatoms. The summed E-state index contributed by atoms with van der Waals surface area (Å²) < 4.78 is 11.1. The number of rotatable bonds is 5. The van der Waals surface area contributed by atoms with Crippen molar-refractivity contribution >= 4 is 15.9 Å². The van der Waals surface area contributed by atoms with E-state index in [2.05, 4.69) is 26.1 Å². The van der Waals surface area contributed by atoms with Crippen LogP contribution in [0.3, 0.4) is 0 Å². The van der Waals surface area contributed by atoms with Gasteiger partial charge in [-0.05, 0) is 41.1 Å². The average molecular weight is 342 g/mol. The Kier molecular flexibility index (Phi) is 4.42. The van der Waals surface area contributed by atoms with Crippen LogP contribution in [0.1, 0.15) is 12.8 Å². The molecular formula is C13H16BrN3O3. The molecule has 0 radical (unpaired) electrons. The van der Waals surface area contributed by atoms with Gasteiger partial charge in [0.05, 0.1) is 23.6 Å². The molecule has 1 unspecified atom stereocenters. The summed E-state index contributed by atoms with van der Waals surface area (Å²) in [5, 5.41) is 13.8. The zero-order chi connectivity index (χ0) is 14.8. The second-order valence-corrected chi connectivity index (χ2v) is 5.59. The van der Waals surface area contributed by atoms with E-state index >= 15 is 0 Å². The molecule has 6 nitrogen and oxygen atoms in total. The van der Waals surface area contributed by atoms with Crippen LogP contribution in [0.4, 0.5) is 0 Å². The van der Waals surface area contributed by atoms with E-state index in [9.17, 15) is 5.11 Å². The molecule has 1 atom stereocenters. The highest BCUT2D eigenvalue weighted by molar-refractivity contribution is 9.10. The summed E-state index contributed by atoms with van der Waals surface area (Å²) >= 11 is 3.40. The molecular weight excluding hydrogens is 326 g/mol. The van der Waals surface area contributed by atoms with Crippen molar-refractivity contribution in [2.75, 3.05) is 13.7 Å². The third kappa shape index (κ3) is 3.36. The Morgan fingerprint density at radius 2 is 2.25 bits per heavy atom. The van der Waals surface area contributed by atoms with E-state index in [1.807, 2.05) is 18.2 Å². The number of methoxy groups -OCH3 is 1. The first-order chi connectivity index (χ1) is 9.45. The Labute approximate surface area is 125 Å². The molecule has 0 aliphatic heterocycles.